The summed E-state index contributed by atoms with van der Waals surface area (Å²) in [6.07, 6.45) is 5.16. The topological polar surface area (TPSA) is 32.3 Å². The normalized spacial score (nSPS) is 16.7. The van der Waals surface area contributed by atoms with E-state index in [4.69, 9.17) is 9.97 Å². The van der Waals surface area contributed by atoms with Gasteiger partial charge in [-0.2, -0.15) is 0 Å². The lowest BCUT2D eigenvalue weighted by Crippen LogP contribution is -2.32. The van der Waals surface area contributed by atoms with E-state index in [1.54, 1.807) is 0 Å². The van der Waals surface area contributed by atoms with Gasteiger partial charge in [0.1, 0.15) is 0 Å². The van der Waals surface area contributed by atoms with Gasteiger partial charge in [-0.05, 0) is 91.6 Å². The quantitative estimate of drug-likeness (QED) is 0.182. The summed E-state index contributed by atoms with van der Waals surface area (Å²) in [6, 6.07) is 54.8. The summed E-state index contributed by atoms with van der Waals surface area (Å²) in [7, 11) is 0. The fourth-order valence-electron chi connectivity index (χ4n) is 8.08. The molecule has 2 atom stereocenters. The zero-order valence-corrected chi connectivity index (χ0v) is 27.7. The second-order valence-corrected chi connectivity index (χ2v) is 13.4. The molecule has 1 aliphatic heterocycles. The molecule has 0 amide bonds. The van der Waals surface area contributed by atoms with Crippen LogP contribution in [0.15, 0.2) is 152 Å². The molecule has 1 fully saturated rings. The Morgan fingerprint density at radius 2 is 1.16 bits per heavy atom. The number of anilines is 5. The summed E-state index contributed by atoms with van der Waals surface area (Å²) < 4.78 is 0. The van der Waals surface area contributed by atoms with E-state index < -0.39 is 0 Å². The largest absolute Gasteiger partial charge is 0.338 e. The number of hydrogen-bond acceptors (Lipinski definition) is 4. The summed E-state index contributed by atoms with van der Waals surface area (Å²) in [5.74, 6) is 0.627. The predicted molar refractivity (Wildman–Crippen MR) is 203 cm³/mol. The molecule has 0 N–H and O–H groups in total. The van der Waals surface area contributed by atoms with Crippen LogP contribution in [0.5, 0.6) is 0 Å². The molecule has 0 bridgehead atoms. The molecule has 2 aliphatic rings. The highest BCUT2D eigenvalue weighted by molar-refractivity contribution is 5.88. The van der Waals surface area contributed by atoms with Crippen LogP contribution in [0.2, 0.25) is 0 Å². The fraction of sp³-hybridized carbons (Fsp3) is 0.156. The van der Waals surface area contributed by atoms with Gasteiger partial charge in [-0.3, -0.25) is 0 Å². The van der Waals surface area contributed by atoms with Gasteiger partial charge in [0.2, 0.25) is 0 Å². The first-order valence-electron chi connectivity index (χ1n) is 17.5. The molecule has 6 aromatic carbocycles. The molecule has 49 heavy (non-hydrogen) atoms. The van der Waals surface area contributed by atoms with Crippen molar-refractivity contribution in [3.8, 4) is 22.5 Å². The van der Waals surface area contributed by atoms with Crippen LogP contribution in [-0.2, 0) is 0 Å². The van der Waals surface area contributed by atoms with Crippen LogP contribution < -0.4 is 9.80 Å². The molecule has 2 unspecified atom stereocenters. The van der Waals surface area contributed by atoms with Gasteiger partial charge in [-0.1, -0.05) is 104 Å². The Kier molecular flexibility index (Phi) is 7.42. The van der Waals surface area contributed by atoms with Crippen LogP contribution in [0.3, 0.4) is 0 Å². The Balaban J connectivity index is 1.10. The lowest BCUT2D eigenvalue weighted by molar-refractivity contribution is 0.402. The lowest BCUT2D eigenvalue weighted by Gasteiger charge is -2.34. The van der Waals surface area contributed by atoms with Gasteiger partial charge in [0.25, 0.3) is 0 Å². The molecule has 238 valence electrons. The minimum atomic E-state index is 0.539. The van der Waals surface area contributed by atoms with Gasteiger partial charge in [0.15, 0.2) is 0 Å². The maximum absolute atomic E-state index is 5.22. The van der Waals surface area contributed by atoms with Crippen molar-refractivity contribution >= 4 is 39.5 Å². The van der Waals surface area contributed by atoms with E-state index in [1.165, 1.54) is 42.6 Å². The number of rotatable bonds is 6. The van der Waals surface area contributed by atoms with Gasteiger partial charge in [-0.25, -0.2) is 9.97 Å². The monoisotopic (exact) mass is 634 g/mol. The molecular formula is C45H38N4. The van der Waals surface area contributed by atoms with E-state index in [1.807, 2.05) is 12.1 Å². The van der Waals surface area contributed by atoms with Gasteiger partial charge >= 0.3 is 0 Å². The summed E-state index contributed by atoms with van der Waals surface area (Å²) >= 11 is 0. The van der Waals surface area contributed by atoms with Crippen LogP contribution in [0, 0.1) is 6.92 Å². The number of benzene rings is 6. The van der Waals surface area contributed by atoms with Crippen LogP contribution in [-0.4, -0.2) is 16.0 Å². The van der Waals surface area contributed by atoms with Crippen LogP contribution in [0.25, 0.3) is 33.5 Å². The van der Waals surface area contributed by atoms with E-state index in [9.17, 15) is 0 Å². The van der Waals surface area contributed by atoms with E-state index in [2.05, 4.69) is 156 Å². The van der Waals surface area contributed by atoms with Crippen molar-refractivity contribution in [3.63, 3.8) is 0 Å². The highest BCUT2D eigenvalue weighted by atomic mass is 15.2. The molecule has 0 spiro atoms. The van der Waals surface area contributed by atoms with Crippen LogP contribution in [0.4, 0.5) is 28.4 Å². The highest BCUT2D eigenvalue weighted by Gasteiger charge is 2.40. The van der Waals surface area contributed by atoms with Crippen molar-refractivity contribution in [3.05, 3.63) is 163 Å². The molecule has 1 aliphatic carbocycles. The average Bonchev–Trinajstić information content (AvgIpc) is 3.50. The summed E-state index contributed by atoms with van der Waals surface area (Å²) in [5, 5.41) is 0. The summed E-state index contributed by atoms with van der Waals surface area (Å²) in [6.45, 7) is 2.10. The third-order valence-electron chi connectivity index (χ3n) is 10.4. The first-order valence-corrected chi connectivity index (χ1v) is 17.5. The summed E-state index contributed by atoms with van der Waals surface area (Å²) in [5.41, 5.74) is 14.4. The molecule has 7 aromatic rings. The van der Waals surface area contributed by atoms with Crippen molar-refractivity contribution in [2.45, 2.75) is 44.6 Å². The second kappa shape index (κ2) is 12.4. The summed E-state index contributed by atoms with van der Waals surface area (Å²) in [4.78, 5) is 15.3. The van der Waals surface area contributed by atoms with Crippen molar-refractivity contribution in [1.82, 2.24) is 9.97 Å². The average molecular weight is 635 g/mol. The minimum absolute atomic E-state index is 0.539. The molecule has 0 saturated heterocycles. The number of nitrogens with zero attached hydrogens (tertiary/aromatic N) is 4. The first-order chi connectivity index (χ1) is 24.2. The fourth-order valence-corrected chi connectivity index (χ4v) is 8.08. The van der Waals surface area contributed by atoms with Gasteiger partial charge in [0, 0.05) is 51.5 Å². The number of aryl methyl sites for hydroxylation is 1. The molecule has 1 saturated carbocycles. The second-order valence-electron chi connectivity index (χ2n) is 13.4. The zero-order chi connectivity index (χ0) is 32.7. The van der Waals surface area contributed by atoms with Crippen LogP contribution >= 0.6 is 0 Å². The lowest BCUT2D eigenvalue weighted by atomic mass is 9.82. The Morgan fingerprint density at radius 1 is 0.551 bits per heavy atom. The standard InChI is InChI=1S/C45H38N4/c1-31-13-12-20-40-43(31)47-45(44(46-40)32-14-4-2-5-15-32)33-23-25-35(26-24-33)48(34-16-6-3-7-17-34)36-27-29-37(30-28-36)49-41-21-10-8-18-38(41)39-19-9-11-22-42(39)49/h2-8,10,12-18,20-21,23-30,39,42H,9,11,19,22H2,1H3. The maximum Gasteiger partial charge on any atom is 0.0973 e. The number of para-hydroxylation sites is 3. The third kappa shape index (κ3) is 5.25. The number of aromatic nitrogens is 2. The predicted octanol–water partition coefficient (Wildman–Crippen LogP) is 11.9. The van der Waals surface area contributed by atoms with E-state index >= 15 is 0 Å². The van der Waals surface area contributed by atoms with Crippen molar-refractivity contribution < 1.29 is 0 Å². The Bertz CT molecular complexity index is 2250. The SMILES string of the molecule is Cc1cccc2nc(-c3ccccc3)c(-c3ccc(N(c4ccccc4)c4ccc(N5c6ccccc6C6CCCCC65)cc4)cc3)nc12. The molecule has 4 heteroatoms. The van der Waals surface area contributed by atoms with E-state index in [-0.39, 0.29) is 0 Å². The van der Waals surface area contributed by atoms with Crippen molar-refractivity contribution in [1.29, 1.82) is 0 Å². The molecule has 0 radical (unpaired) electrons. The molecule has 9 rings (SSSR count). The minimum Gasteiger partial charge on any atom is -0.338 e. The van der Waals surface area contributed by atoms with Crippen molar-refractivity contribution in [2.24, 2.45) is 0 Å². The number of fused-ring (bicyclic) bond motifs is 4. The smallest absolute Gasteiger partial charge is 0.0973 e. The third-order valence-corrected chi connectivity index (χ3v) is 10.4. The Hall–Kier alpha value is -5.74. The molecule has 1 aromatic heterocycles. The van der Waals surface area contributed by atoms with Gasteiger partial charge in [0.05, 0.1) is 22.4 Å². The van der Waals surface area contributed by atoms with Crippen LogP contribution in [0.1, 0.15) is 42.7 Å². The molecule has 2 heterocycles. The van der Waals surface area contributed by atoms with E-state index in [0.717, 1.165) is 56.2 Å². The maximum atomic E-state index is 5.22. The van der Waals surface area contributed by atoms with Crippen molar-refractivity contribution in [2.75, 3.05) is 9.80 Å². The van der Waals surface area contributed by atoms with Gasteiger partial charge in [-0.15, -0.1) is 0 Å². The number of hydrogen-bond donors (Lipinski definition) is 0. The highest BCUT2D eigenvalue weighted by Crippen LogP contribution is 2.51. The first kappa shape index (κ1) is 29.4. The van der Waals surface area contributed by atoms with E-state index in [0.29, 0.717) is 12.0 Å². The molecule has 4 nitrogen and oxygen atoms in total. The Morgan fingerprint density at radius 3 is 1.94 bits per heavy atom. The van der Waals surface area contributed by atoms with Gasteiger partial charge < -0.3 is 9.80 Å². The molecular weight excluding hydrogens is 597 g/mol. The Labute approximate surface area is 288 Å². The zero-order valence-electron chi connectivity index (χ0n) is 27.7.